The van der Waals surface area contributed by atoms with Crippen LogP contribution in [0, 0.1) is 11.3 Å². The molecule has 0 fully saturated rings. The summed E-state index contributed by atoms with van der Waals surface area (Å²) in [6.07, 6.45) is 1.67. The highest BCUT2D eigenvalue weighted by molar-refractivity contribution is 6.43. The molecule has 112 valence electrons. The van der Waals surface area contributed by atoms with Gasteiger partial charge in [-0.15, -0.1) is 0 Å². The molecular formula is C16H11N5O2. The van der Waals surface area contributed by atoms with Gasteiger partial charge < -0.3 is 10.6 Å². The van der Waals surface area contributed by atoms with Crippen LogP contribution in [0.4, 0.5) is 11.4 Å². The number of nitrogens with zero attached hydrogens (tertiary/aromatic N) is 2. The Balaban J connectivity index is 1.66. The van der Waals surface area contributed by atoms with Crippen LogP contribution in [0.5, 0.6) is 0 Å². The number of carbonyl (C=O) groups excluding carboxylic acids is 2. The zero-order valence-corrected chi connectivity index (χ0v) is 11.8. The molecule has 7 heteroatoms. The standard InChI is InChI=1S/C16H11N5O2/c17-8-10-1-4-12(5-2-10)19-15(22)16(23)20-13-6-3-11-9-18-21-14(11)7-13/h1-7,9H,(H,18,21)(H,19,22)(H,20,23). The Morgan fingerprint density at radius 3 is 2.35 bits per heavy atom. The third-order valence-corrected chi connectivity index (χ3v) is 3.18. The maximum Gasteiger partial charge on any atom is 0.314 e. The summed E-state index contributed by atoms with van der Waals surface area (Å²) in [4.78, 5) is 23.8. The molecule has 0 spiro atoms. The molecular weight excluding hydrogens is 294 g/mol. The van der Waals surface area contributed by atoms with E-state index in [1.807, 2.05) is 6.07 Å². The van der Waals surface area contributed by atoms with Crippen molar-refractivity contribution >= 4 is 34.1 Å². The van der Waals surface area contributed by atoms with Gasteiger partial charge in [0.25, 0.3) is 0 Å². The topological polar surface area (TPSA) is 111 Å². The SMILES string of the molecule is N#Cc1ccc(NC(=O)C(=O)Nc2ccc3cn[nH]c3c2)cc1. The van der Waals surface area contributed by atoms with Gasteiger partial charge in [-0.25, -0.2) is 0 Å². The molecule has 3 aromatic rings. The molecule has 1 aromatic heterocycles. The Morgan fingerprint density at radius 1 is 1.00 bits per heavy atom. The van der Waals surface area contributed by atoms with Gasteiger partial charge in [-0.05, 0) is 42.5 Å². The molecule has 0 saturated carbocycles. The summed E-state index contributed by atoms with van der Waals surface area (Å²) in [5.74, 6) is -1.58. The Labute approximate surface area is 130 Å². The third kappa shape index (κ3) is 3.16. The Bertz CT molecular complexity index is 922. The number of aromatic nitrogens is 2. The fraction of sp³-hybridized carbons (Fsp3) is 0. The zero-order valence-electron chi connectivity index (χ0n) is 11.8. The molecule has 2 aromatic carbocycles. The first-order valence-corrected chi connectivity index (χ1v) is 6.71. The van der Waals surface area contributed by atoms with Crippen molar-refractivity contribution in [3.63, 3.8) is 0 Å². The second-order valence-corrected chi connectivity index (χ2v) is 4.77. The minimum atomic E-state index is -0.792. The van der Waals surface area contributed by atoms with Crippen molar-refractivity contribution < 1.29 is 9.59 Å². The lowest BCUT2D eigenvalue weighted by molar-refractivity contribution is -0.132. The van der Waals surface area contributed by atoms with Crippen LogP contribution in [0.2, 0.25) is 0 Å². The highest BCUT2D eigenvalue weighted by atomic mass is 16.2. The summed E-state index contributed by atoms with van der Waals surface area (Å²) < 4.78 is 0. The first kappa shape index (κ1) is 14.3. The highest BCUT2D eigenvalue weighted by Crippen LogP contribution is 2.16. The molecule has 0 aliphatic heterocycles. The largest absolute Gasteiger partial charge is 0.318 e. The molecule has 3 N–H and O–H groups in total. The Morgan fingerprint density at radius 2 is 1.65 bits per heavy atom. The lowest BCUT2D eigenvalue weighted by Gasteiger charge is -2.06. The maximum absolute atomic E-state index is 11.9. The number of anilines is 2. The predicted octanol–water partition coefficient (Wildman–Crippen LogP) is 2.01. The van der Waals surface area contributed by atoms with Gasteiger partial charge in [0, 0.05) is 16.8 Å². The van der Waals surface area contributed by atoms with E-state index >= 15 is 0 Å². The van der Waals surface area contributed by atoms with Crippen molar-refractivity contribution in [2.75, 3.05) is 10.6 Å². The second-order valence-electron chi connectivity index (χ2n) is 4.77. The van der Waals surface area contributed by atoms with Crippen LogP contribution in [0.25, 0.3) is 10.9 Å². The third-order valence-electron chi connectivity index (χ3n) is 3.18. The smallest absolute Gasteiger partial charge is 0.314 e. The summed E-state index contributed by atoms with van der Waals surface area (Å²) in [6, 6.07) is 13.4. The molecule has 1 heterocycles. The van der Waals surface area contributed by atoms with Crippen LogP contribution < -0.4 is 10.6 Å². The molecule has 23 heavy (non-hydrogen) atoms. The minimum Gasteiger partial charge on any atom is -0.318 e. The quantitative estimate of drug-likeness (QED) is 0.629. The van der Waals surface area contributed by atoms with E-state index in [1.54, 1.807) is 48.7 Å². The number of aromatic amines is 1. The fourth-order valence-electron chi connectivity index (χ4n) is 2.02. The molecule has 0 radical (unpaired) electrons. The van der Waals surface area contributed by atoms with Crippen molar-refractivity contribution in [3.8, 4) is 6.07 Å². The van der Waals surface area contributed by atoms with Crippen LogP contribution in [-0.4, -0.2) is 22.0 Å². The number of amides is 2. The van der Waals surface area contributed by atoms with E-state index in [0.717, 1.165) is 10.9 Å². The van der Waals surface area contributed by atoms with E-state index in [1.165, 1.54) is 0 Å². The monoisotopic (exact) mass is 305 g/mol. The van der Waals surface area contributed by atoms with Crippen LogP contribution >= 0.6 is 0 Å². The molecule has 0 aliphatic carbocycles. The summed E-state index contributed by atoms with van der Waals surface area (Å²) in [5.41, 5.74) is 2.16. The molecule has 3 rings (SSSR count). The van der Waals surface area contributed by atoms with E-state index in [-0.39, 0.29) is 0 Å². The number of H-pyrrole nitrogens is 1. The number of carbonyl (C=O) groups is 2. The van der Waals surface area contributed by atoms with Crippen LogP contribution in [0.3, 0.4) is 0 Å². The minimum absolute atomic E-state index is 0.438. The lowest BCUT2D eigenvalue weighted by atomic mass is 10.2. The van der Waals surface area contributed by atoms with E-state index in [0.29, 0.717) is 16.9 Å². The molecule has 0 unspecified atom stereocenters. The van der Waals surface area contributed by atoms with Crippen molar-refractivity contribution in [1.29, 1.82) is 5.26 Å². The van der Waals surface area contributed by atoms with Gasteiger partial charge in [0.2, 0.25) is 0 Å². The number of hydrogen-bond donors (Lipinski definition) is 3. The van der Waals surface area contributed by atoms with Gasteiger partial charge in [-0.3, -0.25) is 14.7 Å². The molecule has 0 aliphatic rings. The number of nitriles is 1. The number of hydrogen-bond acceptors (Lipinski definition) is 4. The first-order chi connectivity index (χ1) is 11.2. The zero-order chi connectivity index (χ0) is 16.2. The summed E-state index contributed by atoms with van der Waals surface area (Å²) in [7, 11) is 0. The predicted molar refractivity (Wildman–Crippen MR) is 84.5 cm³/mol. The van der Waals surface area contributed by atoms with E-state index in [9.17, 15) is 9.59 Å². The first-order valence-electron chi connectivity index (χ1n) is 6.71. The van der Waals surface area contributed by atoms with Crippen LogP contribution in [0.1, 0.15) is 5.56 Å². The van der Waals surface area contributed by atoms with E-state index < -0.39 is 11.8 Å². The average molecular weight is 305 g/mol. The van der Waals surface area contributed by atoms with Crippen molar-refractivity contribution in [1.82, 2.24) is 10.2 Å². The number of benzene rings is 2. The second kappa shape index (κ2) is 5.99. The van der Waals surface area contributed by atoms with Gasteiger partial charge in [-0.2, -0.15) is 10.4 Å². The molecule has 0 bridgehead atoms. The van der Waals surface area contributed by atoms with Crippen molar-refractivity contribution in [3.05, 3.63) is 54.2 Å². The van der Waals surface area contributed by atoms with Crippen LogP contribution in [0.15, 0.2) is 48.7 Å². The molecule has 7 nitrogen and oxygen atoms in total. The summed E-state index contributed by atoms with van der Waals surface area (Å²) in [5, 5.41) is 21.3. The maximum atomic E-state index is 11.9. The van der Waals surface area contributed by atoms with Gasteiger partial charge in [0.1, 0.15) is 0 Å². The van der Waals surface area contributed by atoms with Gasteiger partial charge in [0.05, 0.1) is 23.3 Å². The number of fused-ring (bicyclic) bond motifs is 1. The Kier molecular flexibility index (Phi) is 3.72. The van der Waals surface area contributed by atoms with E-state index in [2.05, 4.69) is 20.8 Å². The fourth-order valence-corrected chi connectivity index (χ4v) is 2.02. The normalized spacial score (nSPS) is 10.0. The summed E-state index contributed by atoms with van der Waals surface area (Å²) in [6.45, 7) is 0. The van der Waals surface area contributed by atoms with Crippen LogP contribution in [-0.2, 0) is 9.59 Å². The van der Waals surface area contributed by atoms with Crippen molar-refractivity contribution in [2.24, 2.45) is 0 Å². The van der Waals surface area contributed by atoms with Gasteiger partial charge in [0.15, 0.2) is 0 Å². The Hall–Kier alpha value is -3.66. The average Bonchev–Trinajstić information content (AvgIpc) is 3.03. The highest BCUT2D eigenvalue weighted by Gasteiger charge is 2.14. The van der Waals surface area contributed by atoms with Gasteiger partial charge in [-0.1, -0.05) is 0 Å². The summed E-state index contributed by atoms with van der Waals surface area (Å²) >= 11 is 0. The lowest BCUT2D eigenvalue weighted by Crippen LogP contribution is -2.29. The molecule has 0 saturated heterocycles. The van der Waals surface area contributed by atoms with Gasteiger partial charge >= 0.3 is 11.8 Å². The molecule has 0 atom stereocenters. The molecule has 2 amide bonds. The van der Waals surface area contributed by atoms with Crippen molar-refractivity contribution in [2.45, 2.75) is 0 Å². The van der Waals surface area contributed by atoms with E-state index in [4.69, 9.17) is 5.26 Å². The number of rotatable bonds is 2. The number of nitrogens with one attached hydrogen (secondary N) is 3.